The number of nitrogens with zero attached hydrogens (tertiary/aromatic N) is 1. The van der Waals surface area contributed by atoms with Gasteiger partial charge >= 0.3 is 5.97 Å². The molecule has 1 aliphatic rings. The number of ether oxygens (including phenoxy) is 1. The minimum atomic E-state index is -0.932. The maximum atomic E-state index is 12.4. The zero-order valence-corrected chi connectivity index (χ0v) is 12.0. The summed E-state index contributed by atoms with van der Waals surface area (Å²) in [7, 11) is 0. The molecule has 1 heterocycles. The Hall–Kier alpha value is -1.14. The number of carboxylic acids is 1. The van der Waals surface area contributed by atoms with E-state index in [-0.39, 0.29) is 24.5 Å². The zero-order chi connectivity index (χ0) is 14.8. The first-order valence-electron chi connectivity index (χ1n) is 6.56. The molecule has 0 bridgehead atoms. The van der Waals surface area contributed by atoms with E-state index >= 15 is 0 Å². The van der Waals surface area contributed by atoms with Crippen LogP contribution in [0.3, 0.4) is 0 Å². The largest absolute Gasteiger partial charge is 0.481 e. The van der Waals surface area contributed by atoms with Gasteiger partial charge in [0, 0.05) is 6.54 Å². The second-order valence-electron chi connectivity index (χ2n) is 6.02. The number of carbonyl (C=O) groups excluding carboxylic acids is 1. The highest BCUT2D eigenvalue weighted by Crippen LogP contribution is 2.24. The molecule has 0 aromatic rings. The van der Waals surface area contributed by atoms with Crippen LogP contribution in [-0.4, -0.2) is 53.7 Å². The maximum absolute atomic E-state index is 12.4. The summed E-state index contributed by atoms with van der Waals surface area (Å²) >= 11 is 0. The van der Waals surface area contributed by atoms with Crippen LogP contribution in [0, 0.1) is 11.3 Å². The topological polar surface area (TPSA) is 92.9 Å². The van der Waals surface area contributed by atoms with E-state index in [1.165, 1.54) is 0 Å². The number of carbonyl (C=O) groups is 2. The number of hydrogen-bond acceptors (Lipinski definition) is 4. The Morgan fingerprint density at radius 1 is 1.42 bits per heavy atom. The minimum absolute atomic E-state index is 0.147. The first-order chi connectivity index (χ1) is 8.70. The van der Waals surface area contributed by atoms with E-state index < -0.39 is 24.0 Å². The van der Waals surface area contributed by atoms with Crippen LogP contribution in [0.25, 0.3) is 0 Å². The van der Waals surface area contributed by atoms with Gasteiger partial charge in [0.05, 0.1) is 25.3 Å². The molecule has 0 spiro atoms. The Bertz CT molecular complexity index is 351. The highest BCUT2D eigenvalue weighted by Gasteiger charge is 2.42. The fourth-order valence-corrected chi connectivity index (χ4v) is 2.19. The Labute approximate surface area is 113 Å². The van der Waals surface area contributed by atoms with Crippen molar-refractivity contribution in [1.29, 1.82) is 0 Å². The predicted molar refractivity (Wildman–Crippen MR) is 70.6 cm³/mol. The van der Waals surface area contributed by atoms with E-state index in [9.17, 15) is 9.59 Å². The first kappa shape index (κ1) is 15.9. The SMILES string of the molecule is CCN(C(=O)C(N)C(C)(C)C)C1COCC1C(=O)O. The third-order valence-corrected chi connectivity index (χ3v) is 3.59. The van der Waals surface area contributed by atoms with Crippen LogP contribution >= 0.6 is 0 Å². The number of likely N-dealkylation sites (N-methyl/N-ethyl adjacent to an activating group) is 1. The summed E-state index contributed by atoms with van der Waals surface area (Å²) in [5, 5.41) is 9.16. The lowest BCUT2D eigenvalue weighted by Crippen LogP contribution is -2.55. The molecule has 1 fully saturated rings. The van der Waals surface area contributed by atoms with Gasteiger partial charge in [-0.15, -0.1) is 0 Å². The third kappa shape index (κ3) is 3.45. The summed E-state index contributed by atoms with van der Waals surface area (Å²) in [4.78, 5) is 25.1. The summed E-state index contributed by atoms with van der Waals surface area (Å²) in [6.07, 6.45) is 0. The van der Waals surface area contributed by atoms with Crippen molar-refractivity contribution in [3.8, 4) is 0 Å². The average Bonchev–Trinajstić information content (AvgIpc) is 2.76. The van der Waals surface area contributed by atoms with Crippen LogP contribution in [0.15, 0.2) is 0 Å². The maximum Gasteiger partial charge on any atom is 0.311 e. The van der Waals surface area contributed by atoms with Gasteiger partial charge in [-0.3, -0.25) is 9.59 Å². The summed E-state index contributed by atoms with van der Waals surface area (Å²) in [6, 6.07) is -1.08. The van der Waals surface area contributed by atoms with E-state index in [4.69, 9.17) is 15.6 Å². The van der Waals surface area contributed by atoms with Gasteiger partial charge in [0.25, 0.3) is 0 Å². The molecule has 0 saturated carbocycles. The molecule has 1 rings (SSSR count). The summed E-state index contributed by atoms with van der Waals surface area (Å²) in [5.41, 5.74) is 5.62. The number of amides is 1. The molecule has 6 nitrogen and oxygen atoms in total. The first-order valence-corrected chi connectivity index (χ1v) is 6.56. The smallest absolute Gasteiger partial charge is 0.311 e. The fraction of sp³-hybridized carbons (Fsp3) is 0.846. The quantitative estimate of drug-likeness (QED) is 0.768. The van der Waals surface area contributed by atoms with E-state index in [2.05, 4.69) is 0 Å². The predicted octanol–water partition coefficient (Wildman–Crippen LogP) is 0.308. The summed E-state index contributed by atoms with van der Waals surface area (Å²) in [5.74, 6) is -1.81. The molecule has 19 heavy (non-hydrogen) atoms. The third-order valence-electron chi connectivity index (χ3n) is 3.59. The molecule has 1 aliphatic heterocycles. The Morgan fingerprint density at radius 2 is 2.00 bits per heavy atom. The zero-order valence-electron chi connectivity index (χ0n) is 12.0. The second kappa shape index (κ2) is 5.88. The Kier molecular flexibility index (Phi) is 4.92. The van der Waals surface area contributed by atoms with E-state index in [0.29, 0.717) is 6.54 Å². The van der Waals surface area contributed by atoms with Crippen molar-refractivity contribution < 1.29 is 19.4 Å². The molecule has 3 unspecified atom stereocenters. The molecule has 110 valence electrons. The van der Waals surface area contributed by atoms with Crippen LogP contribution in [0.1, 0.15) is 27.7 Å². The molecule has 0 aromatic heterocycles. The number of nitrogens with two attached hydrogens (primary N) is 1. The second-order valence-corrected chi connectivity index (χ2v) is 6.02. The standard InChI is InChI=1S/C13H24N2O4/c1-5-15(11(16)10(14)13(2,3)4)9-7-19-6-8(9)12(17)18/h8-10H,5-7,14H2,1-4H3,(H,17,18). The van der Waals surface area contributed by atoms with Gasteiger partial charge in [-0.2, -0.15) is 0 Å². The van der Waals surface area contributed by atoms with Crippen molar-refractivity contribution in [2.45, 2.75) is 39.8 Å². The minimum Gasteiger partial charge on any atom is -0.481 e. The van der Waals surface area contributed by atoms with Gasteiger partial charge in [-0.25, -0.2) is 0 Å². The van der Waals surface area contributed by atoms with E-state index in [0.717, 1.165) is 0 Å². The highest BCUT2D eigenvalue weighted by molar-refractivity contribution is 5.83. The Balaban J connectivity index is 2.88. The molecular formula is C13H24N2O4. The van der Waals surface area contributed by atoms with Crippen LogP contribution in [0.5, 0.6) is 0 Å². The molecule has 3 N–H and O–H groups in total. The number of aliphatic carboxylic acids is 1. The molecule has 1 saturated heterocycles. The van der Waals surface area contributed by atoms with Crippen molar-refractivity contribution in [2.75, 3.05) is 19.8 Å². The number of hydrogen-bond donors (Lipinski definition) is 2. The normalized spacial score (nSPS) is 25.1. The van der Waals surface area contributed by atoms with Crippen molar-refractivity contribution in [2.24, 2.45) is 17.1 Å². The van der Waals surface area contributed by atoms with Gasteiger partial charge in [0.15, 0.2) is 0 Å². The summed E-state index contributed by atoms with van der Waals surface area (Å²) in [6.45, 7) is 8.34. The van der Waals surface area contributed by atoms with Gasteiger partial charge in [0.2, 0.25) is 5.91 Å². The highest BCUT2D eigenvalue weighted by atomic mass is 16.5. The van der Waals surface area contributed by atoms with Crippen molar-refractivity contribution in [1.82, 2.24) is 4.90 Å². The Morgan fingerprint density at radius 3 is 2.42 bits per heavy atom. The molecule has 0 aromatic carbocycles. The van der Waals surface area contributed by atoms with Gasteiger partial charge in [-0.1, -0.05) is 20.8 Å². The number of carboxylic acid groups (broad SMARTS) is 1. The lowest BCUT2D eigenvalue weighted by atomic mass is 9.86. The fourth-order valence-electron chi connectivity index (χ4n) is 2.19. The van der Waals surface area contributed by atoms with Crippen molar-refractivity contribution in [3.05, 3.63) is 0 Å². The van der Waals surface area contributed by atoms with Gasteiger partial charge in [-0.05, 0) is 12.3 Å². The van der Waals surface area contributed by atoms with Crippen LogP contribution in [-0.2, 0) is 14.3 Å². The lowest BCUT2D eigenvalue weighted by molar-refractivity contribution is -0.145. The monoisotopic (exact) mass is 272 g/mol. The van der Waals surface area contributed by atoms with E-state index in [1.807, 2.05) is 27.7 Å². The molecule has 1 amide bonds. The molecular weight excluding hydrogens is 248 g/mol. The molecule has 6 heteroatoms. The van der Waals surface area contributed by atoms with Crippen LogP contribution in [0.4, 0.5) is 0 Å². The van der Waals surface area contributed by atoms with Gasteiger partial charge < -0.3 is 20.5 Å². The lowest BCUT2D eigenvalue weighted by Gasteiger charge is -2.35. The van der Waals surface area contributed by atoms with Crippen molar-refractivity contribution in [3.63, 3.8) is 0 Å². The van der Waals surface area contributed by atoms with Crippen LogP contribution in [0.2, 0.25) is 0 Å². The van der Waals surface area contributed by atoms with Crippen molar-refractivity contribution >= 4 is 11.9 Å². The van der Waals surface area contributed by atoms with Crippen LogP contribution < -0.4 is 5.73 Å². The molecule has 0 radical (unpaired) electrons. The number of rotatable bonds is 4. The van der Waals surface area contributed by atoms with Gasteiger partial charge in [0.1, 0.15) is 5.92 Å². The molecule has 0 aliphatic carbocycles. The average molecular weight is 272 g/mol. The summed E-state index contributed by atoms with van der Waals surface area (Å²) < 4.78 is 5.21. The van der Waals surface area contributed by atoms with E-state index in [1.54, 1.807) is 4.90 Å². The molecule has 3 atom stereocenters.